The van der Waals surface area contributed by atoms with Gasteiger partial charge in [-0.3, -0.25) is 4.21 Å². The maximum atomic E-state index is 11.4. The van der Waals surface area contributed by atoms with E-state index in [-0.39, 0.29) is 6.04 Å². The first-order valence-corrected chi connectivity index (χ1v) is 7.88. The van der Waals surface area contributed by atoms with Crippen LogP contribution in [-0.2, 0) is 10.8 Å². The highest BCUT2D eigenvalue weighted by Crippen LogP contribution is 2.19. The minimum Gasteiger partial charge on any atom is -0.309 e. The van der Waals surface area contributed by atoms with E-state index in [1.54, 1.807) is 6.26 Å². The highest BCUT2D eigenvalue weighted by atomic mass is 32.2. The molecule has 0 heterocycles. The normalized spacial score (nSPS) is 14.6. The molecule has 0 spiro atoms. The highest BCUT2D eigenvalue weighted by molar-refractivity contribution is 7.84. The van der Waals surface area contributed by atoms with Gasteiger partial charge in [-0.15, -0.1) is 0 Å². The molecular formula is C14H23NOS. The van der Waals surface area contributed by atoms with Gasteiger partial charge < -0.3 is 5.32 Å². The molecule has 1 rings (SSSR count). The molecule has 0 fully saturated rings. The van der Waals surface area contributed by atoms with E-state index in [1.807, 2.05) is 0 Å². The number of rotatable bonds is 6. The van der Waals surface area contributed by atoms with Crippen LogP contribution in [0.2, 0.25) is 0 Å². The van der Waals surface area contributed by atoms with E-state index in [0.717, 1.165) is 13.0 Å². The number of benzene rings is 1. The van der Waals surface area contributed by atoms with Gasteiger partial charge >= 0.3 is 0 Å². The summed E-state index contributed by atoms with van der Waals surface area (Å²) in [5, 5.41) is 3.48. The quantitative estimate of drug-likeness (QED) is 0.844. The molecule has 0 saturated carbocycles. The summed E-state index contributed by atoms with van der Waals surface area (Å²) in [6, 6.07) is 6.68. The summed E-state index contributed by atoms with van der Waals surface area (Å²) in [4.78, 5) is 0. The molecular weight excluding hydrogens is 230 g/mol. The molecule has 0 aliphatic rings. The molecule has 2 atom stereocenters. The Kier molecular flexibility index (Phi) is 5.86. The van der Waals surface area contributed by atoms with E-state index in [1.165, 1.54) is 16.7 Å². The molecule has 17 heavy (non-hydrogen) atoms. The van der Waals surface area contributed by atoms with Gasteiger partial charge in [0.05, 0.1) is 0 Å². The minimum atomic E-state index is -0.776. The maximum Gasteiger partial charge on any atom is 0.0439 e. The predicted molar refractivity (Wildman–Crippen MR) is 75.9 cm³/mol. The second-order valence-corrected chi connectivity index (χ2v) is 6.09. The average Bonchev–Trinajstić information content (AvgIpc) is 2.24. The molecule has 0 aliphatic carbocycles. The van der Waals surface area contributed by atoms with E-state index >= 15 is 0 Å². The Labute approximate surface area is 107 Å². The third-order valence-corrected chi connectivity index (χ3v) is 3.65. The molecule has 0 saturated heterocycles. The van der Waals surface area contributed by atoms with Crippen LogP contribution in [0, 0.1) is 13.8 Å². The van der Waals surface area contributed by atoms with Crippen molar-refractivity contribution in [1.82, 2.24) is 5.32 Å². The van der Waals surface area contributed by atoms with Crippen LogP contribution in [-0.4, -0.2) is 22.8 Å². The van der Waals surface area contributed by atoms with E-state index in [4.69, 9.17) is 0 Å². The van der Waals surface area contributed by atoms with Gasteiger partial charge in [0.15, 0.2) is 0 Å². The highest BCUT2D eigenvalue weighted by Gasteiger charge is 2.14. The number of nitrogens with one attached hydrogen (secondary N) is 1. The summed E-state index contributed by atoms with van der Waals surface area (Å²) in [5.41, 5.74) is 3.83. The van der Waals surface area contributed by atoms with Crippen molar-refractivity contribution in [1.29, 1.82) is 0 Å². The maximum absolute atomic E-state index is 11.4. The monoisotopic (exact) mass is 253 g/mol. The second-order valence-electron chi connectivity index (χ2n) is 4.61. The van der Waals surface area contributed by atoms with Crippen molar-refractivity contribution in [3.8, 4) is 0 Å². The van der Waals surface area contributed by atoms with Crippen LogP contribution < -0.4 is 5.32 Å². The van der Waals surface area contributed by atoms with Crippen LogP contribution in [0.5, 0.6) is 0 Å². The molecule has 1 aromatic carbocycles. The molecule has 0 bridgehead atoms. The van der Waals surface area contributed by atoms with E-state index < -0.39 is 10.8 Å². The van der Waals surface area contributed by atoms with E-state index in [0.29, 0.717) is 5.75 Å². The van der Waals surface area contributed by atoms with Crippen molar-refractivity contribution in [2.45, 2.75) is 33.2 Å². The van der Waals surface area contributed by atoms with Crippen LogP contribution in [0.3, 0.4) is 0 Å². The van der Waals surface area contributed by atoms with Gasteiger partial charge in [0, 0.05) is 28.9 Å². The first-order valence-electron chi connectivity index (χ1n) is 6.15. The van der Waals surface area contributed by atoms with Crippen LogP contribution >= 0.6 is 0 Å². The zero-order valence-electron chi connectivity index (χ0n) is 11.2. The summed E-state index contributed by atoms with van der Waals surface area (Å²) in [6.45, 7) is 7.34. The van der Waals surface area contributed by atoms with Crippen LogP contribution in [0.15, 0.2) is 18.2 Å². The Morgan fingerprint density at radius 2 is 2.06 bits per heavy atom. The Morgan fingerprint density at radius 3 is 2.59 bits per heavy atom. The van der Waals surface area contributed by atoms with Crippen LogP contribution in [0.1, 0.15) is 36.1 Å². The largest absolute Gasteiger partial charge is 0.309 e. The van der Waals surface area contributed by atoms with Gasteiger partial charge in [-0.1, -0.05) is 30.7 Å². The molecule has 0 aromatic heterocycles. The molecule has 1 aromatic rings. The van der Waals surface area contributed by atoms with Gasteiger partial charge in [0.2, 0.25) is 0 Å². The average molecular weight is 253 g/mol. The summed E-state index contributed by atoms with van der Waals surface area (Å²) in [7, 11) is -0.776. The summed E-state index contributed by atoms with van der Waals surface area (Å²) in [6.07, 6.45) is 2.86. The van der Waals surface area contributed by atoms with E-state index in [2.05, 4.69) is 44.3 Å². The lowest BCUT2D eigenvalue weighted by Crippen LogP contribution is -2.27. The Bertz CT molecular complexity index is 390. The number of aryl methyl sites for hydroxylation is 2. The van der Waals surface area contributed by atoms with Crippen molar-refractivity contribution in [3.63, 3.8) is 0 Å². The van der Waals surface area contributed by atoms with Gasteiger partial charge in [0.1, 0.15) is 0 Å². The van der Waals surface area contributed by atoms with Gasteiger partial charge in [-0.2, -0.15) is 0 Å². The van der Waals surface area contributed by atoms with Gasteiger partial charge in [-0.05, 0) is 37.9 Å². The number of hydrogen-bond acceptors (Lipinski definition) is 2. The van der Waals surface area contributed by atoms with Crippen molar-refractivity contribution in [2.75, 3.05) is 18.6 Å². The first kappa shape index (κ1) is 14.4. The Morgan fingerprint density at radius 1 is 1.35 bits per heavy atom. The van der Waals surface area contributed by atoms with Crippen molar-refractivity contribution >= 4 is 10.8 Å². The summed E-state index contributed by atoms with van der Waals surface area (Å²) < 4.78 is 11.4. The van der Waals surface area contributed by atoms with Crippen molar-refractivity contribution < 1.29 is 4.21 Å². The fourth-order valence-electron chi connectivity index (χ4n) is 2.03. The fourth-order valence-corrected chi connectivity index (χ4v) is 2.80. The van der Waals surface area contributed by atoms with Crippen LogP contribution in [0.4, 0.5) is 0 Å². The lowest BCUT2D eigenvalue weighted by atomic mass is 10.00. The molecule has 2 unspecified atom stereocenters. The summed E-state index contributed by atoms with van der Waals surface area (Å²) >= 11 is 0. The smallest absolute Gasteiger partial charge is 0.0439 e. The molecule has 0 amide bonds. The van der Waals surface area contributed by atoms with Crippen molar-refractivity contribution in [2.24, 2.45) is 0 Å². The Balaban J connectivity index is 2.90. The van der Waals surface area contributed by atoms with Crippen molar-refractivity contribution in [3.05, 3.63) is 34.9 Å². The molecule has 3 heteroatoms. The minimum absolute atomic E-state index is 0.210. The SMILES string of the molecule is CCCNC(CS(C)=O)c1ccc(C)cc1C. The molecule has 2 nitrogen and oxygen atoms in total. The molecule has 0 radical (unpaired) electrons. The first-order chi connectivity index (χ1) is 8.04. The zero-order chi connectivity index (χ0) is 12.8. The topological polar surface area (TPSA) is 29.1 Å². The predicted octanol–water partition coefficient (Wildman–Crippen LogP) is 2.72. The molecule has 1 N–H and O–H groups in total. The zero-order valence-corrected chi connectivity index (χ0v) is 12.1. The van der Waals surface area contributed by atoms with Gasteiger partial charge in [0.25, 0.3) is 0 Å². The number of hydrogen-bond donors (Lipinski definition) is 1. The summed E-state index contributed by atoms with van der Waals surface area (Å²) in [5.74, 6) is 0.684. The molecule has 96 valence electrons. The lowest BCUT2D eigenvalue weighted by Gasteiger charge is -2.20. The third-order valence-electron chi connectivity index (χ3n) is 2.84. The van der Waals surface area contributed by atoms with E-state index in [9.17, 15) is 4.21 Å². The molecule has 0 aliphatic heterocycles. The second kappa shape index (κ2) is 6.92. The van der Waals surface area contributed by atoms with Crippen LogP contribution in [0.25, 0.3) is 0 Å². The standard InChI is InChI=1S/C14H23NOS/c1-5-8-15-14(10-17(4)16)13-7-6-11(2)9-12(13)3/h6-7,9,14-15H,5,8,10H2,1-4H3. The lowest BCUT2D eigenvalue weighted by molar-refractivity contribution is 0.568. The van der Waals surface area contributed by atoms with Gasteiger partial charge in [-0.25, -0.2) is 0 Å². The Hall–Kier alpha value is -0.670. The third kappa shape index (κ3) is 4.60. The fraction of sp³-hybridized carbons (Fsp3) is 0.571.